The summed E-state index contributed by atoms with van der Waals surface area (Å²) < 4.78 is 3.08. The molecule has 98 valence electrons. The number of aromatic nitrogens is 2. The Balaban J connectivity index is 2.12. The summed E-state index contributed by atoms with van der Waals surface area (Å²) in [5.41, 5.74) is 2.59. The van der Waals surface area contributed by atoms with Crippen molar-refractivity contribution in [2.45, 2.75) is 26.4 Å². The van der Waals surface area contributed by atoms with Crippen LogP contribution < -0.4 is 5.32 Å². The predicted molar refractivity (Wildman–Crippen MR) is 78.7 cm³/mol. The maximum Gasteiger partial charge on any atom is 0.101 e. The molecule has 0 radical (unpaired) electrons. The third kappa shape index (κ3) is 3.36. The van der Waals surface area contributed by atoms with Crippen LogP contribution in [-0.2, 0) is 13.1 Å². The average molecular weight is 319 g/mol. The van der Waals surface area contributed by atoms with Gasteiger partial charge in [0.05, 0.1) is 29.8 Å². The van der Waals surface area contributed by atoms with E-state index in [1.54, 1.807) is 6.07 Å². The lowest BCUT2D eigenvalue weighted by Gasteiger charge is -2.10. The van der Waals surface area contributed by atoms with E-state index in [1.807, 2.05) is 24.7 Å². The molecule has 19 heavy (non-hydrogen) atoms. The molecule has 1 aromatic carbocycles. The molecule has 1 aromatic heterocycles. The first kappa shape index (κ1) is 13.6. The molecule has 0 fully saturated rings. The summed E-state index contributed by atoms with van der Waals surface area (Å²) in [6.45, 7) is 3.76. The van der Waals surface area contributed by atoms with Crippen molar-refractivity contribution in [3.8, 4) is 6.07 Å². The second-order valence-electron chi connectivity index (χ2n) is 4.23. The Bertz CT molecular complexity index is 598. The van der Waals surface area contributed by atoms with E-state index in [0.29, 0.717) is 12.1 Å². The Kier molecular flexibility index (Phi) is 4.58. The summed E-state index contributed by atoms with van der Waals surface area (Å²) in [5.74, 6) is 0. The van der Waals surface area contributed by atoms with Crippen LogP contribution in [0.4, 0.5) is 5.69 Å². The normalized spacial score (nSPS) is 10.2. The maximum atomic E-state index is 9.08. The van der Waals surface area contributed by atoms with Crippen LogP contribution in [0.15, 0.2) is 35.2 Å². The molecule has 0 aliphatic carbocycles. The van der Waals surface area contributed by atoms with Gasteiger partial charge in [0.25, 0.3) is 0 Å². The van der Waals surface area contributed by atoms with Gasteiger partial charge in [-0.3, -0.25) is 0 Å². The molecule has 0 aliphatic rings. The van der Waals surface area contributed by atoms with Crippen molar-refractivity contribution in [2.24, 2.45) is 0 Å². The van der Waals surface area contributed by atoms with Crippen LogP contribution in [-0.4, -0.2) is 9.55 Å². The standard InChI is InChI=1S/C14H15BrN4/c1-2-5-19-10-17-8-13(19)9-18-14-6-12(15)4-3-11(14)7-16/h3-4,6,8,10,18H,2,5,9H2,1H3. The predicted octanol–water partition coefficient (Wildman–Crippen LogP) is 3.54. The van der Waals surface area contributed by atoms with E-state index in [0.717, 1.165) is 28.8 Å². The van der Waals surface area contributed by atoms with E-state index in [-0.39, 0.29) is 0 Å². The van der Waals surface area contributed by atoms with Crippen LogP contribution in [0.5, 0.6) is 0 Å². The summed E-state index contributed by atoms with van der Waals surface area (Å²) in [7, 11) is 0. The molecule has 1 N–H and O–H groups in total. The Morgan fingerprint density at radius 3 is 3.05 bits per heavy atom. The molecule has 0 unspecified atom stereocenters. The summed E-state index contributed by atoms with van der Waals surface area (Å²) in [6.07, 6.45) is 4.77. The van der Waals surface area contributed by atoms with Gasteiger partial charge in [-0.1, -0.05) is 22.9 Å². The fourth-order valence-corrected chi connectivity index (χ4v) is 2.24. The fourth-order valence-electron chi connectivity index (χ4n) is 1.88. The largest absolute Gasteiger partial charge is 0.378 e. The van der Waals surface area contributed by atoms with Crippen molar-refractivity contribution in [3.63, 3.8) is 0 Å². The van der Waals surface area contributed by atoms with Crippen LogP contribution in [0.2, 0.25) is 0 Å². The smallest absolute Gasteiger partial charge is 0.101 e. The lowest BCUT2D eigenvalue weighted by molar-refractivity contribution is 0.651. The van der Waals surface area contributed by atoms with Crippen LogP contribution in [0, 0.1) is 11.3 Å². The summed E-state index contributed by atoms with van der Waals surface area (Å²) >= 11 is 3.42. The van der Waals surface area contributed by atoms with Crippen LogP contribution in [0.3, 0.4) is 0 Å². The van der Waals surface area contributed by atoms with E-state index in [2.05, 4.69) is 43.8 Å². The minimum absolute atomic E-state index is 0.643. The molecular weight excluding hydrogens is 304 g/mol. The summed E-state index contributed by atoms with van der Waals surface area (Å²) in [5, 5.41) is 12.4. The molecule has 0 bridgehead atoms. The van der Waals surface area contributed by atoms with Crippen LogP contribution in [0.1, 0.15) is 24.6 Å². The Labute approximate surface area is 121 Å². The van der Waals surface area contributed by atoms with Crippen molar-refractivity contribution in [3.05, 3.63) is 46.5 Å². The Morgan fingerprint density at radius 1 is 1.47 bits per heavy atom. The highest BCUT2D eigenvalue weighted by molar-refractivity contribution is 9.10. The fraction of sp³-hybridized carbons (Fsp3) is 0.286. The molecule has 0 spiro atoms. The van der Waals surface area contributed by atoms with Crippen LogP contribution in [0.25, 0.3) is 0 Å². The summed E-state index contributed by atoms with van der Waals surface area (Å²) in [6, 6.07) is 7.77. The minimum atomic E-state index is 0.643. The topological polar surface area (TPSA) is 53.6 Å². The second kappa shape index (κ2) is 6.39. The highest BCUT2D eigenvalue weighted by Gasteiger charge is 2.05. The highest BCUT2D eigenvalue weighted by Crippen LogP contribution is 2.21. The number of aryl methyl sites for hydroxylation is 1. The molecule has 0 amide bonds. The zero-order chi connectivity index (χ0) is 13.7. The SMILES string of the molecule is CCCn1cncc1CNc1cc(Br)ccc1C#N. The molecule has 1 heterocycles. The number of hydrogen-bond acceptors (Lipinski definition) is 3. The number of rotatable bonds is 5. The van der Waals surface area contributed by atoms with E-state index in [4.69, 9.17) is 5.26 Å². The summed E-state index contributed by atoms with van der Waals surface area (Å²) in [4.78, 5) is 4.16. The number of halogens is 1. The maximum absolute atomic E-state index is 9.08. The van der Waals surface area contributed by atoms with E-state index >= 15 is 0 Å². The molecule has 2 rings (SSSR count). The number of imidazole rings is 1. The molecular formula is C14H15BrN4. The zero-order valence-corrected chi connectivity index (χ0v) is 12.3. The lowest BCUT2D eigenvalue weighted by Crippen LogP contribution is -2.07. The van der Waals surface area contributed by atoms with Crippen molar-refractivity contribution < 1.29 is 0 Å². The molecule has 0 atom stereocenters. The van der Waals surface area contributed by atoms with Gasteiger partial charge in [0.1, 0.15) is 6.07 Å². The molecule has 0 saturated carbocycles. The number of nitrogens with zero attached hydrogens (tertiary/aromatic N) is 3. The van der Waals surface area contributed by atoms with Gasteiger partial charge in [-0.2, -0.15) is 5.26 Å². The van der Waals surface area contributed by atoms with E-state index in [9.17, 15) is 0 Å². The molecule has 5 heteroatoms. The lowest BCUT2D eigenvalue weighted by atomic mass is 10.2. The van der Waals surface area contributed by atoms with Gasteiger partial charge in [-0.25, -0.2) is 4.98 Å². The van der Waals surface area contributed by atoms with Gasteiger partial charge in [0.15, 0.2) is 0 Å². The monoisotopic (exact) mass is 318 g/mol. The average Bonchev–Trinajstić information content (AvgIpc) is 2.84. The molecule has 2 aromatic rings. The quantitative estimate of drug-likeness (QED) is 0.917. The molecule has 0 saturated heterocycles. The van der Waals surface area contributed by atoms with Crippen molar-refractivity contribution in [1.29, 1.82) is 5.26 Å². The number of anilines is 1. The molecule has 4 nitrogen and oxygen atoms in total. The number of nitrogens with one attached hydrogen (secondary N) is 1. The van der Waals surface area contributed by atoms with Crippen molar-refractivity contribution >= 4 is 21.6 Å². The Hall–Kier alpha value is -1.80. The third-order valence-corrected chi connectivity index (χ3v) is 3.32. The first-order valence-corrected chi connectivity index (χ1v) is 6.96. The van der Waals surface area contributed by atoms with Gasteiger partial charge < -0.3 is 9.88 Å². The van der Waals surface area contributed by atoms with E-state index in [1.165, 1.54) is 0 Å². The minimum Gasteiger partial charge on any atom is -0.378 e. The number of hydrogen-bond donors (Lipinski definition) is 1. The first-order chi connectivity index (χ1) is 9.24. The van der Waals surface area contributed by atoms with Crippen molar-refractivity contribution in [1.82, 2.24) is 9.55 Å². The van der Waals surface area contributed by atoms with Gasteiger partial charge in [-0.15, -0.1) is 0 Å². The zero-order valence-electron chi connectivity index (χ0n) is 10.7. The number of nitriles is 1. The van der Waals surface area contributed by atoms with Gasteiger partial charge in [-0.05, 0) is 24.6 Å². The van der Waals surface area contributed by atoms with Gasteiger partial charge in [0.2, 0.25) is 0 Å². The second-order valence-corrected chi connectivity index (χ2v) is 5.15. The third-order valence-electron chi connectivity index (χ3n) is 2.83. The first-order valence-electron chi connectivity index (χ1n) is 6.17. The van der Waals surface area contributed by atoms with E-state index < -0.39 is 0 Å². The van der Waals surface area contributed by atoms with Gasteiger partial charge in [0, 0.05) is 17.2 Å². The van der Waals surface area contributed by atoms with Crippen molar-refractivity contribution in [2.75, 3.05) is 5.32 Å². The highest BCUT2D eigenvalue weighted by atomic mass is 79.9. The van der Waals surface area contributed by atoms with Crippen LogP contribution >= 0.6 is 15.9 Å². The molecule has 0 aliphatic heterocycles. The number of benzene rings is 1. The Morgan fingerprint density at radius 2 is 2.32 bits per heavy atom. The van der Waals surface area contributed by atoms with Gasteiger partial charge >= 0.3 is 0 Å².